The Labute approximate surface area is 226 Å². The third-order valence-electron chi connectivity index (χ3n) is 6.03. The van der Waals surface area contributed by atoms with E-state index in [-0.39, 0.29) is 5.82 Å². The molecule has 2 fully saturated rings. The molecule has 3 rings (SSSR count). The largest absolute Gasteiger partial charge is 0.481 e. The Balaban J connectivity index is 1.54. The van der Waals surface area contributed by atoms with Gasteiger partial charge in [-0.3, -0.25) is 18.2 Å². The number of aliphatic hydroxyl groups excluding tert-OH is 4. The lowest BCUT2D eigenvalue weighted by Gasteiger charge is -2.33. The Morgan fingerprint density at radius 1 is 1.18 bits per heavy atom. The lowest BCUT2D eigenvalue weighted by molar-refractivity contribution is -0.0545. The highest BCUT2D eigenvalue weighted by Gasteiger charge is 2.47. The minimum atomic E-state index is -5.43. The summed E-state index contributed by atoms with van der Waals surface area (Å²) in [7, 11) is -15.1. The van der Waals surface area contributed by atoms with Gasteiger partial charge in [0.1, 0.15) is 24.1 Å². The second-order valence-electron chi connectivity index (χ2n) is 9.63. The molecule has 1 aliphatic carbocycles. The summed E-state index contributed by atoms with van der Waals surface area (Å²) in [5.74, 6) is -0.118. The molecule has 9 atom stereocenters. The molecular weight excluding hydrogens is 607 g/mol. The number of rotatable bonds is 15. The first-order valence-electron chi connectivity index (χ1n) is 11.7. The summed E-state index contributed by atoms with van der Waals surface area (Å²) in [6, 6.07) is 1.21. The van der Waals surface area contributed by atoms with Gasteiger partial charge in [0.05, 0.1) is 38.2 Å². The molecule has 0 radical (unpaired) electrons. The van der Waals surface area contributed by atoms with Gasteiger partial charge in [-0.1, -0.05) is 6.92 Å². The third-order valence-corrected chi connectivity index (χ3v) is 10.4. The molecule has 0 amide bonds. The van der Waals surface area contributed by atoms with Gasteiger partial charge >= 0.3 is 28.9 Å². The molecule has 0 aromatic carbocycles. The Morgan fingerprint density at radius 3 is 2.38 bits per heavy atom. The van der Waals surface area contributed by atoms with Gasteiger partial charge in [-0.2, -0.15) is 9.29 Å². The molecule has 1 aliphatic heterocycles. The van der Waals surface area contributed by atoms with Crippen molar-refractivity contribution in [3.8, 4) is 0 Å². The number of hydrogen-bond acceptors (Lipinski definition) is 15. The highest BCUT2D eigenvalue weighted by Crippen LogP contribution is 2.61. The van der Waals surface area contributed by atoms with Crippen LogP contribution in [0.3, 0.4) is 0 Å². The highest BCUT2D eigenvalue weighted by molar-refractivity contribution is 7.61. The Morgan fingerprint density at radius 2 is 1.80 bits per heavy atom. The summed E-state index contributed by atoms with van der Waals surface area (Å²) in [6.45, 7) is -1.73. The molecule has 0 bridgehead atoms. The summed E-state index contributed by atoms with van der Waals surface area (Å²) >= 11 is 0. The van der Waals surface area contributed by atoms with Gasteiger partial charge < -0.3 is 50.1 Å². The van der Waals surface area contributed by atoms with Crippen molar-refractivity contribution in [3.63, 3.8) is 0 Å². The van der Waals surface area contributed by atoms with Crippen LogP contribution in [0.2, 0.25) is 0 Å². The SMILES string of the molecule is CC(CO)(CP(=O)(O)OC1CC1)[C@H](O)COP(=O)(O)OP(=O)(O)OC[C@H]1O[C@@H](n2ccc(N)nc2=O)C(O)C1O. The smallest absolute Gasteiger partial charge is 0.396 e. The van der Waals surface area contributed by atoms with Crippen molar-refractivity contribution in [2.24, 2.45) is 5.41 Å². The van der Waals surface area contributed by atoms with Crippen LogP contribution in [0.1, 0.15) is 26.0 Å². The lowest BCUT2D eigenvalue weighted by atomic mass is 9.88. The molecule has 2 heterocycles. The molecule has 9 N–H and O–H groups in total. The first kappa shape index (κ1) is 33.4. The molecule has 22 heteroatoms. The van der Waals surface area contributed by atoms with E-state index < -0.39 is 97.1 Å². The van der Waals surface area contributed by atoms with Crippen molar-refractivity contribution in [2.45, 2.75) is 56.5 Å². The van der Waals surface area contributed by atoms with Crippen molar-refractivity contribution in [2.75, 3.05) is 31.7 Å². The molecule has 1 aromatic rings. The van der Waals surface area contributed by atoms with Crippen molar-refractivity contribution in [1.82, 2.24) is 9.55 Å². The standard InChI is InChI=1S/C18H32N3O16P3/c1-18(8-22,9-38(27,28)36-10-2-3-10)12(23)7-34-40(31,32)37-39(29,30)33-6-11-14(24)15(25)16(35-11)21-5-4-13(19)20-17(21)26/h4-5,10-12,14-16,22-25H,2-3,6-9H2,1H3,(H,27,28)(H,29,30)(H,31,32)(H2,19,20,26)/t11-,12-,14?,15?,16-,18?/m1/s1. The number of anilines is 1. The third kappa shape index (κ3) is 8.94. The number of nitrogen functional groups attached to an aromatic ring is 1. The van der Waals surface area contributed by atoms with Crippen LogP contribution in [0.5, 0.6) is 0 Å². The van der Waals surface area contributed by atoms with Crippen LogP contribution in [0.15, 0.2) is 17.1 Å². The monoisotopic (exact) mass is 639 g/mol. The fourth-order valence-electron chi connectivity index (χ4n) is 3.59. The van der Waals surface area contributed by atoms with Crippen molar-refractivity contribution >= 4 is 29.1 Å². The van der Waals surface area contributed by atoms with Crippen LogP contribution in [0.4, 0.5) is 5.82 Å². The zero-order valence-corrected chi connectivity index (χ0v) is 23.7. The quantitative estimate of drug-likeness (QED) is 0.100. The topological polar surface area (TPSA) is 300 Å². The lowest BCUT2D eigenvalue weighted by Crippen LogP contribution is -2.42. The molecule has 6 unspecified atom stereocenters. The minimum absolute atomic E-state index is 0.118. The summed E-state index contributed by atoms with van der Waals surface area (Å²) in [5.41, 5.74) is 2.73. The molecule has 0 spiro atoms. The Hall–Kier alpha value is -1.11. The van der Waals surface area contributed by atoms with E-state index in [0.717, 1.165) is 10.8 Å². The van der Waals surface area contributed by atoms with E-state index in [2.05, 4.69) is 18.3 Å². The number of nitrogens with two attached hydrogens (primary N) is 1. The highest BCUT2D eigenvalue weighted by atomic mass is 31.3. The van der Waals surface area contributed by atoms with E-state index in [1.54, 1.807) is 0 Å². The van der Waals surface area contributed by atoms with E-state index in [1.165, 1.54) is 13.0 Å². The molecule has 1 aromatic heterocycles. The fourth-order valence-corrected chi connectivity index (χ4v) is 7.65. The van der Waals surface area contributed by atoms with Crippen LogP contribution in [-0.2, 0) is 36.3 Å². The second kappa shape index (κ2) is 12.6. The number of phosphoric acid groups is 2. The maximum atomic E-state index is 12.3. The van der Waals surface area contributed by atoms with Crippen LogP contribution in [0, 0.1) is 5.41 Å². The fraction of sp³-hybridized carbons (Fsp3) is 0.778. The zero-order valence-electron chi connectivity index (χ0n) is 21.0. The number of nitrogens with zero attached hydrogens (tertiary/aromatic N) is 2. The van der Waals surface area contributed by atoms with Crippen LogP contribution in [0.25, 0.3) is 0 Å². The average Bonchev–Trinajstić information content (AvgIpc) is 3.59. The van der Waals surface area contributed by atoms with Crippen LogP contribution >= 0.6 is 23.2 Å². The average molecular weight is 639 g/mol. The van der Waals surface area contributed by atoms with E-state index in [0.29, 0.717) is 12.8 Å². The van der Waals surface area contributed by atoms with Gasteiger partial charge in [-0.25, -0.2) is 13.9 Å². The summed E-state index contributed by atoms with van der Waals surface area (Å²) in [5, 5.41) is 40.4. The number of hydrogen-bond donors (Lipinski definition) is 8. The predicted octanol–water partition coefficient (Wildman–Crippen LogP) is -1.58. The van der Waals surface area contributed by atoms with Gasteiger partial charge in [0.15, 0.2) is 6.23 Å². The van der Waals surface area contributed by atoms with E-state index in [1.807, 2.05) is 0 Å². The van der Waals surface area contributed by atoms with Crippen LogP contribution in [-0.4, -0.2) is 101 Å². The predicted molar refractivity (Wildman–Crippen MR) is 131 cm³/mol. The molecule has 19 nitrogen and oxygen atoms in total. The second-order valence-corrected chi connectivity index (χ2v) is 14.5. The van der Waals surface area contributed by atoms with Gasteiger partial charge in [0.2, 0.25) is 0 Å². The molecular formula is C18H32N3O16P3. The maximum absolute atomic E-state index is 12.3. The van der Waals surface area contributed by atoms with Crippen molar-refractivity contribution in [3.05, 3.63) is 22.7 Å². The summed E-state index contributed by atoms with van der Waals surface area (Å²) in [6.07, 6.45) is -7.17. The van der Waals surface area contributed by atoms with Gasteiger partial charge in [-0.05, 0) is 18.9 Å². The summed E-state index contributed by atoms with van der Waals surface area (Å²) < 4.78 is 61.1. The van der Waals surface area contributed by atoms with E-state index in [4.69, 9.17) is 15.0 Å². The minimum Gasteiger partial charge on any atom is -0.396 e. The maximum Gasteiger partial charge on any atom is 0.481 e. The first-order valence-corrected chi connectivity index (χ1v) is 16.4. The van der Waals surface area contributed by atoms with Crippen LogP contribution < -0.4 is 11.4 Å². The molecule has 230 valence electrons. The normalized spacial score (nSPS) is 30.1. The molecule has 2 aliphatic rings. The number of ether oxygens (including phenoxy) is 1. The van der Waals surface area contributed by atoms with Crippen molar-refractivity contribution in [1.29, 1.82) is 0 Å². The van der Waals surface area contributed by atoms with E-state index in [9.17, 15) is 53.6 Å². The number of phosphoric ester groups is 2. The summed E-state index contributed by atoms with van der Waals surface area (Å²) in [4.78, 5) is 45.1. The first-order chi connectivity index (χ1) is 18.4. The number of aromatic nitrogens is 2. The Kier molecular flexibility index (Phi) is 10.5. The molecule has 1 saturated heterocycles. The molecule has 40 heavy (non-hydrogen) atoms. The Bertz CT molecular complexity index is 1240. The van der Waals surface area contributed by atoms with Gasteiger partial charge in [-0.15, -0.1) is 0 Å². The van der Waals surface area contributed by atoms with Gasteiger partial charge in [0.25, 0.3) is 0 Å². The zero-order chi connectivity index (χ0) is 30.1. The number of aliphatic hydroxyl groups is 4. The van der Waals surface area contributed by atoms with E-state index >= 15 is 0 Å². The molecule has 1 saturated carbocycles. The van der Waals surface area contributed by atoms with Crippen molar-refractivity contribution < 1.29 is 71.4 Å². The van der Waals surface area contributed by atoms with Gasteiger partial charge in [0, 0.05) is 11.6 Å².